The molecule has 0 fully saturated rings. The number of para-hydroxylation sites is 4. The Balaban J connectivity index is 1.30. The Morgan fingerprint density at radius 2 is 1.20 bits per heavy atom. The van der Waals surface area contributed by atoms with Crippen LogP contribution in [-0.2, 0) is 0 Å². The number of ether oxygens (including phenoxy) is 1. The molecule has 35 heavy (non-hydrogen) atoms. The van der Waals surface area contributed by atoms with Crippen LogP contribution in [0.4, 0.5) is 15.1 Å². The number of fused-ring (bicyclic) bond motifs is 4. The zero-order chi connectivity index (χ0) is 23.5. The first kappa shape index (κ1) is 20.5. The molecule has 1 aromatic heterocycles. The molecule has 2 aliphatic rings. The monoisotopic (exact) mass is 569 g/mol. The number of allylic oxidation sites excluding steroid dienone is 1. The van der Waals surface area contributed by atoms with Crippen LogP contribution in [0.3, 0.4) is 0 Å². The number of rotatable bonds is 2. The maximum absolute atomic E-state index is 13.2. The Bertz CT molecular complexity index is 1630. The van der Waals surface area contributed by atoms with Crippen molar-refractivity contribution in [3.8, 4) is 11.5 Å². The van der Waals surface area contributed by atoms with Gasteiger partial charge in [0.05, 0.1) is 0 Å². The van der Waals surface area contributed by atoms with Crippen molar-refractivity contribution in [2.75, 3.05) is 4.90 Å². The maximum atomic E-state index is 13.2. The molecule has 0 unspecified atom stereocenters. The zero-order valence-corrected chi connectivity index (χ0v) is 20.7. The van der Waals surface area contributed by atoms with Crippen LogP contribution in [0.2, 0.25) is 0 Å². The summed E-state index contributed by atoms with van der Waals surface area (Å²) in [7, 11) is 0. The second-order valence-corrected chi connectivity index (χ2v) is 11.6. The van der Waals surface area contributed by atoms with Crippen LogP contribution in [-0.4, -0.2) is 32.0 Å². The van der Waals surface area contributed by atoms with E-state index in [0.29, 0.717) is 11.1 Å². The molecule has 1 aliphatic heterocycles. The quantitative estimate of drug-likeness (QED) is 0.129. The molecule has 0 N–H and O–H groups in total. The van der Waals surface area contributed by atoms with E-state index in [9.17, 15) is 9.59 Å². The minimum absolute atomic E-state index is 0.181. The Morgan fingerprint density at radius 1 is 0.657 bits per heavy atom. The molecule has 7 rings (SSSR count). The third kappa shape index (κ3) is 3.20. The fourth-order valence-electron chi connectivity index (χ4n) is 4.76. The van der Waals surface area contributed by atoms with E-state index in [4.69, 9.17) is 4.74 Å². The fraction of sp³-hybridized carbons (Fsp3) is 0. The number of Topliss-reactive ketones (excluding diaryl/α,β-unsaturated/α-hetero) is 2. The topological polar surface area (TPSA) is 46.6 Å². The van der Waals surface area contributed by atoms with Gasteiger partial charge in [0, 0.05) is 0 Å². The third-order valence-corrected chi connectivity index (χ3v) is 9.32. The SMILES string of the molecule is O=C1C(=Cc2ccc(N3c4ccccc4Oc4ccccc43)[te]2)C(=O)c2cc3ccccc3cc21. The van der Waals surface area contributed by atoms with Gasteiger partial charge < -0.3 is 0 Å². The zero-order valence-electron chi connectivity index (χ0n) is 18.4. The van der Waals surface area contributed by atoms with Crippen molar-refractivity contribution >= 4 is 63.9 Å². The summed E-state index contributed by atoms with van der Waals surface area (Å²) in [6, 6.07) is 31.7. The third-order valence-electron chi connectivity index (χ3n) is 6.42. The summed E-state index contributed by atoms with van der Waals surface area (Å²) in [4.78, 5) is 28.7. The normalized spacial score (nSPS) is 13.9. The van der Waals surface area contributed by atoms with Crippen molar-refractivity contribution in [3.63, 3.8) is 0 Å². The molecule has 166 valence electrons. The predicted octanol–water partition coefficient (Wildman–Crippen LogP) is 6.93. The average Bonchev–Trinajstić information content (AvgIpc) is 3.44. The van der Waals surface area contributed by atoms with E-state index in [-0.39, 0.29) is 17.1 Å². The van der Waals surface area contributed by atoms with Crippen molar-refractivity contribution in [1.29, 1.82) is 0 Å². The van der Waals surface area contributed by atoms with Crippen LogP contribution in [0, 0.1) is 0 Å². The summed E-state index contributed by atoms with van der Waals surface area (Å²) in [5.41, 5.74) is 3.27. The van der Waals surface area contributed by atoms with Gasteiger partial charge in [-0.1, -0.05) is 0 Å². The van der Waals surface area contributed by atoms with Gasteiger partial charge in [-0.2, -0.15) is 0 Å². The first-order chi connectivity index (χ1) is 17.2. The average molecular weight is 567 g/mol. The Kier molecular flexibility index (Phi) is 4.57. The summed E-state index contributed by atoms with van der Waals surface area (Å²) in [6.45, 7) is 0. The van der Waals surface area contributed by atoms with Gasteiger partial charge in [-0.15, -0.1) is 0 Å². The van der Waals surface area contributed by atoms with Crippen molar-refractivity contribution in [1.82, 2.24) is 0 Å². The first-order valence-corrected chi connectivity index (χ1v) is 13.6. The van der Waals surface area contributed by atoms with E-state index in [2.05, 4.69) is 23.1 Å². The molecule has 0 atom stereocenters. The number of hydrogen-bond donors (Lipinski definition) is 0. The fourth-order valence-corrected chi connectivity index (χ4v) is 7.56. The Hall–Kier alpha value is -3.91. The van der Waals surface area contributed by atoms with Gasteiger partial charge in [0.1, 0.15) is 0 Å². The van der Waals surface area contributed by atoms with Crippen LogP contribution >= 0.6 is 0 Å². The first-order valence-electron chi connectivity index (χ1n) is 11.3. The van der Waals surface area contributed by atoms with Crippen LogP contribution < -0.4 is 9.64 Å². The van der Waals surface area contributed by atoms with Gasteiger partial charge in [0.2, 0.25) is 0 Å². The van der Waals surface area contributed by atoms with Crippen molar-refractivity contribution in [3.05, 3.63) is 117 Å². The molecule has 0 amide bonds. The molecule has 1 aliphatic carbocycles. The van der Waals surface area contributed by atoms with Gasteiger partial charge in [-0.3, -0.25) is 0 Å². The molecule has 0 bridgehead atoms. The minimum atomic E-state index is -0.843. The van der Waals surface area contributed by atoms with Crippen LogP contribution in [0.25, 0.3) is 16.8 Å². The number of ketones is 2. The molecular formula is C30H17NO3Te. The molecule has 2 heterocycles. The van der Waals surface area contributed by atoms with Gasteiger partial charge >= 0.3 is 212 Å². The summed E-state index contributed by atoms with van der Waals surface area (Å²) < 4.78 is 8.37. The Morgan fingerprint density at radius 3 is 1.80 bits per heavy atom. The van der Waals surface area contributed by atoms with E-state index in [1.165, 1.54) is 3.70 Å². The van der Waals surface area contributed by atoms with Gasteiger partial charge in [-0.05, 0) is 0 Å². The molecule has 0 spiro atoms. The number of hydrogen-bond acceptors (Lipinski definition) is 4. The molecule has 0 radical (unpaired) electrons. The van der Waals surface area contributed by atoms with E-state index in [1.807, 2.05) is 84.9 Å². The number of nitrogens with zero attached hydrogens (tertiary/aromatic N) is 1. The second-order valence-electron chi connectivity index (χ2n) is 8.51. The van der Waals surface area contributed by atoms with Crippen molar-refractivity contribution in [2.24, 2.45) is 0 Å². The predicted molar refractivity (Wildman–Crippen MR) is 139 cm³/mol. The van der Waals surface area contributed by atoms with Gasteiger partial charge in [0.15, 0.2) is 0 Å². The summed E-state index contributed by atoms with van der Waals surface area (Å²) in [6.07, 6.45) is 1.82. The van der Waals surface area contributed by atoms with Crippen LogP contribution in [0.15, 0.2) is 103 Å². The number of anilines is 3. The van der Waals surface area contributed by atoms with E-state index >= 15 is 0 Å². The molecule has 5 aromatic rings. The molecular weight excluding hydrogens is 550 g/mol. The van der Waals surface area contributed by atoms with Crippen LogP contribution in [0.5, 0.6) is 11.5 Å². The number of carbonyl (C=O) groups excluding carboxylic acids is 2. The second kappa shape index (κ2) is 7.81. The molecule has 4 nitrogen and oxygen atoms in total. The van der Waals surface area contributed by atoms with E-state index in [0.717, 1.165) is 37.2 Å². The molecule has 4 aromatic carbocycles. The molecule has 5 heteroatoms. The van der Waals surface area contributed by atoms with Crippen molar-refractivity contribution in [2.45, 2.75) is 0 Å². The summed E-state index contributed by atoms with van der Waals surface area (Å²) >= 11 is -0.843. The summed E-state index contributed by atoms with van der Waals surface area (Å²) in [5.74, 6) is 1.27. The molecule has 0 saturated heterocycles. The molecule has 0 saturated carbocycles. The summed E-state index contributed by atoms with van der Waals surface area (Å²) in [5, 5.41) is 1.94. The van der Waals surface area contributed by atoms with Gasteiger partial charge in [-0.25, -0.2) is 0 Å². The van der Waals surface area contributed by atoms with Crippen LogP contribution in [0.1, 0.15) is 24.3 Å². The van der Waals surface area contributed by atoms with E-state index < -0.39 is 20.4 Å². The Labute approximate surface area is 211 Å². The number of carbonyl (C=O) groups is 2. The standard InChI is InChI=1S/C30H17NO3Te/c32-29-21-15-18-7-1-2-8-19(18)16-22(21)30(33)23(29)17-20-13-14-28(35-20)31-24-9-3-5-11-26(24)34-27-12-6-4-10-25(27)31/h1-17H. The van der Waals surface area contributed by atoms with Gasteiger partial charge in [0.25, 0.3) is 0 Å². The van der Waals surface area contributed by atoms with Crippen molar-refractivity contribution < 1.29 is 14.3 Å². The van der Waals surface area contributed by atoms with E-state index in [1.54, 1.807) is 0 Å². The number of benzene rings is 4.